The summed E-state index contributed by atoms with van der Waals surface area (Å²) in [6, 6.07) is 18.4. The summed E-state index contributed by atoms with van der Waals surface area (Å²) in [5, 5.41) is 11.3. The lowest BCUT2D eigenvalue weighted by atomic mass is 10.0. The van der Waals surface area contributed by atoms with Gasteiger partial charge < -0.3 is 42.5 Å². The van der Waals surface area contributed by atoms with Crippen LogP contribution in [0, 0.1) is 6.92 Å². The zero-order chi connectivity index (χ0) is 40.8. The highest BCUT2D eigenvalue weighted by atomic mass is 16.6. The predicted molar refractivity (Wildman–Crippen MR) is 213 cm³/mol. The number of unbranched alkanes of at least 4 members (excludes halogenated alkanes) is 1. The van der Waals surface area contributed by atoms with Gasteiger partial charge in [-0.2, -0.15) is 0 Å². The molecule has 0 aliphatic rings. The van der Waals surface area contributed by atoms with Gasteiger partial charge in [-0.15, -0.1) is 0 Å². The normalized spacial score (nSPS) is 12.8. The highest BCUT2D eigenvalue weighted by molar-refractivity contribution is 6.07. The van der Waals surface area contributed by atoms with Crippen molar-refractivity contribution in [3.8, 4) is 0 Å². The molecule has 0 saturated heterocycles. The SMILES string of the molecule is Cc1ccccc1NC(=O)N(C(=O)[C@H](Cc1c[nH]c2ccccc12)NC(=O)OC(C)(C)C)[C@@H](CCCCN)C(=O)NCC(=O)N[C@@H](Cc1ccccc1)C(N)=O. The fourth-order valence-electron chi connectivity index (χ4n) is 6.08. The van der Waals surface area contributed by atoms with Gasteiger partial charge in [0.25, 0.3) is 5.91 Å². The molecule has 0 aliphatic heterocycles. The van der Waals surface area contributed by atoms with Crippen LogP contribution in [-0.2, 0) is 36.8 Å². The molecule has 15 heteroatoms. The van der Waals surface area contributed by atoms with Crippen LogP contribution in [0.3, 0.4) is 0 Å². The Bertz CT molecular complexity index is 1990. The second kappa shape index (κ2) is 19.9. The first-order valence-electron chi connectivity index (χ1n) is 18.5. The van der Waals surface area contributed by atoms with Crippen molar-refractivity contribution >= 4 is 52.3 Å². The maximum absolute atomic E-state index is 14.9. The van der Waals surface area contributed by atoms with Gasteiger partial charge in [-0.25, -0.2) is 14.5 Å². The van der Waals surface area contributed by atoms with Crippen LogP contribution in [0.15, 0.2) is 85.1 Å². The van der Waals surface area contributed by atoms with Crippen LogP contribution in [0.5, 0.6) is 0 Å². The van der Waals surface area contributed by atoms with Crippen molar-refractivity contribution in [2.24, 2.45) is 11.5 Å². The second-order valence-electron chi connectivity index (χ2n) is 14.4. The van der Waals surface area contributed by atoms with E-state index in [1.807, 2.05) is 30.3 Å². The summed E-state index contributed by atoms with van der Waals surface area (Å²) in [5.74, 6) is -3.21. The number of carbonyl (C=O) groups excluding carboxylic acids is 6. The van der Waals surface area contributed by atoms with E-state index in [9.17, 15) is 28.8 Å². The Hall–Kier alpha value is -6.22. The van der Waals surface area contributed by atoms with E-state index in [-0.39, 0.29) is 25.8 Å². The second-order valence-corrected chi connectivity index (χ2v) is 14.4. The maximum Gasteiger partial charge on any atom is 0.408 e. The first-order valence-corrected chi connectivity index (χ1v) is 18.5. The summed E-state index contributed by atoms with van der Waals surface area (Å²) in [5.41, 5.74) is 13.7. The van der Waals surface area contributed by atoms with Gasteiger partial charge in [-0.3, -0.25) is 19.2 Å². The van der Waals surface area contributed by atoms with Crippen LogP contribution in [0.25, 0.3) is 10.9 Å². The Balaban J connectivity index is 1.69. The molecule has 3 atom stereocenters. The molecule has 298 valence electrons. The van der Waals surface area contributed by atoms with Crippen LogP contribution in [0.4, 0.5) is 15.3 Å². The van der Waals surface area contributed by atoms with E-state index < -0.39 is 66.0 Å². The third-order valence-electron chi connectivity index (χ3n) is 8.86. The van der Waals surface area contributed by atoms with Gasteiger partial charge >= 0.3 is 12.1 Å². The van der Waals surface area contributed by atoms with Crippen LogP contribution in [0.2, 0.25) is 0 Å². The molecule has 1 heterocycles. The number of benzene rings is 3. The van der Waals surface area contributed by atoms with Crippen LogP contribution >= 0.6 is 0 Å². The number of nitrogens with two attached hydrogens (primary N) is 2. The highest BCUT2D eigenvalue weighted by Crippen LogP contribution is 2.23. The molecule has 4 rings (SSSR count). The number of carbonyl (C=O) groups is 6. The van der Waals surface area contributed by atoms with E-state index in [1.165, 1.54) is 0 Å². The van der Waals surface area contributed by atoms with Gasteiger partial charge in [0.2, 0.25) is 17.7 Å². The van der Waals surface area contributed by atoms with E-state index >= 15 is 0 Å². The quantitative estimate of drug-likeness (QED) is 0.0780. The molecular weight excluding hydrogens is 716 g/mol. The smallest absolute Gasteiger partial charge is 0.408 e. The van der Waals surface area contributed by atoms with E-state index in [4.69, 9.17) is 16.2 Å². The largest absolute Gasteiger partial charge is 0.444 e. The number of imide groups is 1. The number of ether oxygens (including phenoxy) is 1. The van der Waals surface area contributed by atoms with E-state index in [1.54, 1.807) is 82.4 Å². The van der Waals surface area contributed by atoms with Gasteiger partial charge in [0.15, 0.2) is 0 Å². The fourth-order valence-corrected chi connectivity index (χ4v) is 6.08. The standard InChI is InChI=1S/C41H52N8O7/c1-26-14-8-10-18-30(26)47-39(54)49(38(53)33(48-40(55)56-41(2,3)4)23-28-24-44-31-19-11-9-17-29(28)31)34(20-12-13-21-42)37(52)45-25-35(50)46-32(36(43)51)22-27-15-6-5-7-16-27/h5-11,14-19,24,32-34,44H,12-13,20-23,25,42H2,1-4H3,(H2,43,51)(H,45,52)(H,46,50)(H,47,54)(H,48,55)/t32-,33-,34-/m0/s1. The Morgan fingerprint density at radius 2 is 1.52 bits per heavy atom. The Morgan fingerprint density at radius 1 is 0.839 bits per heavy atom. The number of anilines is 1. The number of aryl methyl sites for hydroxylation is 1. The van der Waals surface area contributed by atoms with E-state index in [2.05, 4.69) is 26.3 Å². The number of alkyl carbamates (subject to hydrolysis) is 1. The number of nitrogens with one attached hydrogen (secondary N) is 5. The Kier molecular flexibility index (Phi) is 15.1. The lowest BCUT2D eigenvalue weighted by Crippen LogP contribution is -2.60. The first kappa shape index (κ1) is 42.5. The molecule has 56 heavy (non-hydrogen) atoms. The molecule has 0 bridgehead atoms. The minimum atomic E-state index is -1.46. The maximum atomic E-state index is 14.9. The molecule has 0 aliphatic carbocycles. The molecule has 3 aromatic carbocycles. The zero-order valence-electron chi connectivity index (χ0n) is 32.2. The molecule has 0 fully saturated rings. The zero-order valence-corrected chi connectivity index (χ0v) is 32.2. The summed E-state index contributed by atoms with van der Waals surface area (Å²) in [4.78, 5) is 85.9. The third kappa shape index (κ3) is 12.4. The number of nitrogens with zero attached hydrogens (tertiary/aromatic N) is 1. The summed E-state index contributed by atoms with van der Waals surface area (Å²) in [6.07, 6.45) is 1.61. The number of urea groups is 1. The van der Waals surface area contributed by atoms with Gasteiger partial charge in [0.05, 0.1) is 6.54 Å². The number of para-hydroxylation sites is 2. The molecule has 0 radical (unpaired) electrons. The number of aromatic nitrogens is 1. The third-order valence-corrected chi connectivity index (χ3v) is 8.86. The number of H-pyrrole nitrogens is 1. The number of amides is 7. The molecule has 0 spiro atoms. The van der Waals surface area contributed by atoms with Crippen molar-refractivity contribution < 1.29 is 33.5 Å². The highest BCUT2D eigenvalue weighted by Gasteiger charge is 2.40. The van der Waals surface area contributed by atoms with Gasteiger partial charge in [-0.1, -0.05) is 66.7 Å². The molecule has 4 aromatic rings. The average Bonchev–Trinajstić information content (AvgIpc) is 3.56. The molecule has 0 saturated carbocycles. The molecule has 1 aromatic heterocycles. The molecule has 9 N–H and O–H groups in total. The molecular formula is C41H52N8O7. The summed E-state index contributed by atoms with van der Waals surface area (Å²) in [6.45, 7) is 6.47. The van der Waals surface area contributed by atoms with Crippen molar-refractivity contribution in [1.82, 2.24) is 25.8 Å². The predicted octanol–water partition coefficient (Wildman–Crippen LogP) is 3.80. The van der Waals surface area contributed by atoms with Crippen LogP contribution in [0.1, 0.15) is 56.7 Å². The molecule has 0 unspecified atom stereocenters. The van der Waals surface area contributed by atoms with E-state index in [0.717, 1.165) is 21.4 Å². The van der Waals surface area contributed by atoms with Crippen molar-refractivity contribution in [1.29, 1.82) is 0 Å². The number of fused-ring (bicyclic) bond motifs is 1. The van der Waals surface area contributed by atoms with Crippen molar-refractivity contribution in [3.63, 3.8) is 0 Å². The Morgan fingerprint density at radius 3 is 2.20 bits per heavy atom. The topological polar surface area (TPSA) is 231 Å². The summed E-state index contributed by atoms with van der Waals surface area (Å²) in [7, 11) is 0. The first-order chi connectivity index (χ1) is 26.7. The Labute approximate surface area is 326 Å². The number of primary amides is 1. The number of hydrogen-bond acceptors (Lipinski definition) is 8. The van der Waals surface area contributed by atoms with E-state index in [0.29, 0.717) is 29.7 Å². The minimum Gasteiger partial charge on any atom is -0.444 e. The number of aromatic amines is 1. The molecule has 15 nitrogen and oxygen atoms in total. The average molecular weight is 769 g/mol. The van der Waals surface area contributed by atoms with Gasteiger partial charge in [0, 0.05) is 35.6 Å². The van der Waals surface area contributed by atoms with Crippen molar-refractivity contribution in [3.05, 3.63) is 102 Å². The molecule has 7 amide bonds. The number of rotatable bonds is 17. The van der Waals surface area contributed by atoms with Gasteiger partial charge in [-0.05, 0) is 82.3 Å². The van der Waals surface area contributed by atoms with Crippen LogP contribution in [-0.4, -0.2) is 82.5 Å². The minimum absolute atomic E-state index is 0.0260. The summed E-state index contributed by atoms with van der Waals surface area (Å²) < 4.78 is 5.52. The lowest BCUT2D eigenvalue weighted by Gasteiger charge is -2.33. The van der Waals surface area contributed by atoms with Crippen molar-refractivity contribution in [2.45, 2.75) is 83.5 Å². The fraction of sp³-hybridized carbons (Fsp3) is 0.366. The lowest BCUT2D eigenvalue weighted by molar-refractivity contribution is -0.139. The monoisotopic (exact) mass is 768 g/mol. The number of hydrogen-bond donors (Lipinski definition) is 7. The van der Waals surface area contributed by atoms with Crippen LogP contribution < -0.4 is 32.7 Å². The summed E-state index contributed by atoms with van der Waals surface area (Å²) >= 11 is 0. The van der Waals surface area contributed by atoms with Gasteiger partial charge in [0.1, 0.15) is 23.7 Å². The van der Waals surface area contributed by atoms with Crippen molar-refractivity contribution in [2.75, 3.05) is 18.4 Å².